The van der Waals surface area contributed by atoms with Crippen LogP contribution in [0, 0.1) is 0 Å². The molecule has 1 unspecified atom stereocenters. The van der Waals surface area contributed by atoms with Crippen LogP contribution in [0.4, 0.5) is 0 Å². The molecule has 16 heavy (non-hydrogen) atoms. The predicted molar refractivity (Wildman–Crippen MR) is 62.8 cm³/mol. The van der Waals surface area contributed by atoms with E-state index < -0.39 is 0 Å². The highest BCUT2D eigenvalue weighted by molar-refractivity contribution is 5.81. The Labute approximate surface area is 95.7 Å². The lowest BCUT2D eigenvalue weighted by Crippen LogP contribution is -2.42. The normalized spacial score (nSPS) is 12.1. The lowest BCUT2D eigenvalue weighted by Gasteiger charge is -2.12. The van der Waals surface area contributed by atoms with Gasteiger partial charge >= 0.3 is 0 Å². The molecule has 1 rings (SSSR count). The molecule has 1 aromatic heterocycles. The van der Waals surface area contributed by atoms with Crippen LogP contribution in [0.5, 0.6) is 0 Å². The molecular formula is C12H18N2O2. The first-order valence-corrected chi connectivity index (χ1v) is 5.38. The Balaban J connectivity index is 2.21. The van der Waals surface area contributed by atoms with Crippen LogP contribution >= 0.6 is 0 Å². The minimum atomic E-state index is -0.199. The van der Waals surface area contributed by atoms with Crippen LogP contribution in [0.1, 0.15) is 19.1 Å². The number of hydrogen-bond acceptors (Lipinski definition) is 3. The van der Waals surface area contributed by atoms with Gasteiger partial charge in [-0.25, -0.2) is 0 Å². The fourth-order valence-corrected chi connectivity index (χ4v) is 1.24. The van der Waals surface area contributed by atoms with Crippen molar-refractivity contribution in [3.8, 4) is 0 Å². The van der Waals surface area contributed by atoms with Gasteiger partial charge in [-0.2, -0.15) is 0 Å². The number of nitrogens with one attached hydrogen (secondary N) is 2. The molecule has 1 amide bonds. The molecule has 4 heteroatoms. The SMILES string of the molecule is C=CCCNC(C)C(=O)NCc1ccco1. The summed E-state index contributed by atoms with van der Waals surface area (Å²) in [5.41, 5.74) is 0. The molecule has 1 atom stereocenters. The Bertz CT molecular complexity index is 320. The molecule has 0 aliphatic heterocycles. The second-order valence-corrected chi connectivity index (χ2v) is 3.55. The summed E-state index contributed by atoms with van der Waals surface area (Å²) in [6.07, 6.45) is 4.27. The van der Waals surface area contributed by atoms with Crippen molar-refractivity contribution in [2.24, 2.45) is 0 Å². The third-order valence-electron chi connectivity index (χ3n) is 2.21. The van der Waals surface area contributed by atoms with E-state index in [1.807, 2.05) is 19.1 Å². The highest BCUT2D eigenvalue weighted by atomic mass is 16.3. The lowest BCUT2D eigenvalue weighted by atomic mass is 10.3. The van der Waals surface area contributed by atoms with E-state index in [2.05, 4.69) is 17.2 Å². The molecule has 0 fully saturated rings. The predicted octanol–water partition coefficient (Wildman–Crippen LogP) is 1.45. The second kappa shape index (κ2) is 6.85. The molecule has 1 aromatic rings. The van der Waals surface area contributed by atoms with Crippen molar-refractivity contribution in [2.45, 2.75) is 25.9 Å². The maximum atomic E-state index is 11.6. The Kier molecular flexibility index (Phi) is 5.36. The molecule has 0 saturated carbocycles. The van der Waals surface area contributed by atoms with Gasteiger partial charge in [-0.1, -0.05) is 6.08 Å². The van der Waals surface area contributed by atoms with E-state index in [1.54, 1.807) is 12.3 Å². The van der Waals surface area contributed by atoms with Crippen molar-refractivity contribution in [3.63, 3.8) is 0 Å². The van der Waals surface area contributed by atoms with Crippen LogP contribution in [0.15, 0.2) is 35.5 Å². The van der Waals surface area contributed by atoms with Crippen molar-refractivity contribution in [3.05, 3.63) is 36.8 Å². The van der Waals surface area contributed by atoms with Gasteiger partial charge < -0.3 is 15.1 Å². The number of amides is 1. The second-order valence-electron chi connectivity index (χ2n) is 3.55. The van der Waals surface area contributed by atoms with Gasteiger partial charge in [-0.15, -0.1) is 6.58 Å². The van der Waals surface area contributed by atoms with Crippen LogP contribution in [-0.4, -0.2) is 18.5 Å². The van der Waals surface area contributed by atoms with E-state index >= 15 is 0 Å². The van der Waals surface area contributed by atoms with Crippen molar-refractivity contribution in [1.29, 1.82) is 0 Å². The minimum absolute atomic E-state index is 0.0273. The van der Waals surface area contributed by atoms with E-state index in [1.165, 1.54) is 0 Å². The van der Waals surface area contributed by atoms with Crippen LogP contribution in [-0.2, 0) is 11.3 Å². The van der Waals surface area contributed by atoms with E-state index in [0.717, 1.165) is 18.7 Å². The zero-order chi connectivity index (χ0) is 11.8. The molecule has 1 heterocycles. The highest BCUT2D eigenvalue weighted by Gasteiger charge is 2.11. The molecular weight excluding hydrogens is 204 g/mol. The summed E-state index contributed by atoms with van der Waals surface area (Å²) in [6.45, 7) is 6.65. The Hall–Kier alpha value is -1.55. The average Bonchev–Trinajstić information content (AvgIpc) is 2.79. The fourth-order valence-electron chi connectivity index (χ4n) is 1.24. The number of rotatable bonds is 7. The first kappa shape index (κ1) is 12.5. The number of carbonyl (C=O) groups is 1. The maximum absolute atomic E-state index is 11.6. The smallest absolute Gasteiger partial charge is 0.237 e. The van der Waals surface area contributed by atoms with Crippen molar-refractivity contribution < 1.29 is 9.21 Å². The summed E-state index contributed by atoms with van der Waals surface area (Å²) in [6, 6.07) is 3.43. The van der Waals surface area contributed by atoms with E-state index in [4.69, 9.17) is 4.42 Å². The molecule has 88 valence electrons. The first-order valence-electron chi connectivity index (χ1n) is 5.38. The zero-order valence-electron chi connectivity index (χ0n) is 9.53. The summed E-state index contributed by atoms with van der Waals surface area (Å²) in [7, 11) is 0. The first-order chi connectivity index (χ1) is 7.74. The molecule has 0 aliphatic rings. The summed E-state index contributed by atoms with van der Waals surface area (Å²) in [4.78, 5) is 11.6. The zero-order valence-corrected chi connectivity index (χ0v) is 9.53. The van der Waals surface area contributed by atoms with Gasteiger partial charge in [0.15, 0.2) is 0 Å². The van der Waals surface area contributed by atoms with Gasteiger partial charge in [0.2, 0.25) is 5.91 Å². The Morgan fingerprint density at radius 3 is 3.12 bits per heavy atom. The topological polar surface area (TPSA) is 54.3 Å². The fraction of sp³-hybridized carbons (Fsp3) is 0.417. The van der Waals surface area contributed by atoms with Crippen LogP contribution in [0.3, 0.4) is 0 Å². The summed E-state index contributed by atoms with van der Waals surface area (Å²) >= 11 is 0. The van der Waals surface area contributed by atoms with Gasteiger partial charge in [-0.3, -0.25) is 4.79 Å². The highest BCUT2D eigenvalue weighted by Crippen LogP contribution is 1.98. The lowest BCUT2D eigenvalue weighted by molar-refractivity contribution is -0.123. The molecule has 4 nitrogen and oxygen atoms in total. The summed E-state index contributed by atoms with van der Waals surface area (Å²) in [5.74, 6) is 0.729. The monoisotopic (exact) mass is 222 g/mol. The van der Waals surface area contributed by atoms with Crippen molar-refractivity contribution in [2.75, 3.05) is 6.54 Å². The number of carbonyl (C=O) groups excluding carboxylic acids is 1. The van der Waals surface area contributed by atoms with Gasteiger partial charge in [0.25, 0.3) is 0 Å². The van der Waals surface area contributed by atoms with Gasteiger partial charge in [-0.05, 0) is 32.0 Å². The average molecular weight is 222 g/mol. The van der Waals surface area contributed by atoms with Crippen molar-refractivity contribution in [1.82, 2.24) is 10.6 Å². The summed E-state index contributed by atoms with van der Waals surface area (Å²) in [5, 5.41) is 5.89. The quantitative estimate of drug-likeness (QED) is 0.542. The molecule has 0 bridgehead atoms. The number of furan rings is 1. The molecule has 0 radical (unpaired) electrons. The third kappa shape index (κ3) is 4.31. The summed E-state index contributed by atoms with van der Waals surface area (Å²) < 4.78 is 5.11. The Morgan fingerprint density at radius 2 is 2.50 bits per heavy atom. The standard InChI is InChI=1S/C12H18N2O2/c1-3-4-7-13-10(2)12(15)14-9-11-6-5-8-16-11/h3,5-6,8,10,13H,1,4,7,9H2,2H3,(H,14,15). The molecule has 0 spiro atoms. The van der Waals surface area contributed by atoms with Crippen LogP contribution in [0.25, 0.3) is 0 Å². The Morgan fingerprint density at radius 1 is 1.69 bits per heavy atom. The molecule has 0 saturated heterocycles. The van der Waals surface area contributed by atoms with Crippen molar-refractivity contribution >= 4 is 5.91 Å². The van der Waals surface area contributed by atoms with Crippen LogP contribution < -0.4 is 10.6 Å². The molecule has 2 N–H and O–H groups in total. The third-order valence-corrected chi connectivity index (χ3v) is 2.21. The van der Waals surface area contributed by atoms with E-state index in [0.29, 0.717) is 6.54 Å². The van der Waals surface area contributed by atoms with Gasteiger partial charge in [0.1, 0.15) is 5.76 Å². The van der Waals surface area contributed by atoms with Gasteiger partial charge in [0.05, 0.1) is 18.8 Å². The van der Waals surface area contributed by atoms with Crippen LogP contribution in [0.2, 0.25) is 0 Å². The molecule has 0 aromatic carbocycles. The largest absolute Gasteiger partial charge is 0.467 e. The maximum Gasteiger partial charge on any atom is 0.237 e. The van der Waals surface area contributed by atoms with E-state index in [-0.39, 0.29) is 11.9 Å². The number of hydrogen-bond donors (Lipinski definition) is 2. The minimum Gasteiger partial charge on any atom is -0.467 e. The molecule has 0 aliphatic carbocycles. The van der Waals surface area contributed by atoms with Gasteiger partial charge in [0, 0.05) is 0 Å². The van der Waals surface area contributed by atoms with E-state index in [9.17, 15) is 4.79 Å².